The van der Waals surface area contributed by atoms with E-state index in [1.807, 2.05) is 42.7 Å². The number of rotatable bonds is 6. The van der Waals surface area contributed by atoms with Gasteiger partial charge in [0.1, 0.15) is 0 Å². The fraction of sp³-hybridized carbons (Fsp3) is 0.529. The van der Waals surface area contributed by atoms with Crippen molar-refractivity contribution in [2.45, 2.75) is 39.5 Å². The lowest BCUT2D eigenvalue weighted by atomic mass is 10.2. The van der Waals surface area contributed by atoms with Crippen molar-refractivity contribution in [2.75, 3.05) is 18.1 Å². The van der Waals surface area contributed by atoms with Crippen LogP contribution in [0.25, 0.3) is 11.4 Å². The minimum Gasteiger partial charge on any atom is -0.300 e. The molecule has 9 heteroatoms. The van der Waals surface area contributed by atoms with E-state index in [1.165, 1.54) is 0 Å². The van der Waals surface area contributed by atoms with E-state index in [2.05, 4.69) is 4.90 Å². The van der Waals surface area contributed by atoms with Crippen LogP contribution in [-0.4, -0.2) is 51.8 Å². The van der Waals surface area contributed by atoms with Gasteiger partial charge in [0.05, 0.1) is 18.2 Å². The molecule has 1 aromatic carbocycles. The second-order valence-corrected chi connectivity index (χ2v) is 9.49. The van der Waals surface area contributed by atoms with E-state index in [4.69, 9.17) is 28.9 Å². The summed E-state index contributed by atoms with van der Waals surface area (Å²) in [7, 11) is -2.92. The van der Waals surface area contributed by atoms with Crippen LogP contribution in [0, 0.1) is 4.77 Å². The van der Waals surface area contributed by atoms with Gasteiger partial charge in [0.15, 0.2) is 20.4 Å². The van der Waals surface area contributed by atoms with Gasteiger partial charge in [0.2, 0.25) is 0 Å². The molecular weight excluding hydrogens is 392 g/mol. The summed E-state index contributed by atoms with van der Waals surface area (Å²) in [5.41, 5.74) is 0.951. The Morgan fingerprint density at radius 2 is 2.00 bits per heavy atom. The van der Waals surface area contributed by atoms with Crippen molar-refractivity contribution in [2.24, 2.45) is 0 Å². The molecule has 0 aliphatic carbocycles. The second-order valence-electron chi connectivity index (χ2n) is 6.46. The molecular formula is C17H23ClN4O2S2. The lowest BCUT2D eigenvalue weighted by molar-refractivity contribution is 0.164. The van der Waals surface area contributed by atoms with E-state index in [0.717, 1.165) is 17.9 Å². The lowest BCUT2D eigenvalue weighted by Gasteiger charge is -2.26. The molecule has 2 aromatic rings. The number of hydrogen-bond acceptors (Lipinski definition) is 5. The SMILES string of the molecule is CCN(Cn1nc(-c2ccc(Cl)cc2)n(CC)c1=S)[C@@H]1CCS(=O)(=O)C1. The average Bonchev–Trinajstić information content (AvgIpc) is 3.12. The van der Waals surface area contributed by atoms with Gasteiger partial charge in [-0.2, -0.15) is 5.10 Å². The van der Waals surface area contributed by atoms with Crippen LogP contribution in [-0.2, 0) is 23.1 Å². The van der Waals surface area contributed by atoms with Crippen molar-refractivity contribution >= 4 is 33.7 Å². The topological polar surface area (TPSA) is 60.1 Å². The Labute approximate surface area is 164 Å². The van der Waals surface area contributed by atoms with Crippen LogP contribution in [0.5, 0.6) is 0 Å². The summed E-state index contributed by atoms with van der Waals surface area (Å²) in [4.78, 5) is 2.14. The summed E-state index contributed by atoms with van der Waals surface area (Å²) in [6.45, 7) is 6.01. The van der Waals surface area contributed by atoms with E-state index in [9.17, 15) is 8.42 Å². The van der Waals surface area contributed by atoms with Gasteiger partial charge in [-0.05, 0) is 56.4 Å². The summed E-state index contributed by atoms with van der Waals surface area (Å²) in [5.74, 6) is 1.27. The molecule has 0 bridgehead atoms. The first kappa shape index (κ1) is 19.5. The van der Waals surface area contributed by atoms with Crippen LogP contribution in [0.3, 0.4) is 0 Å². The maximum absolute atomic E-state index is 11.8. The van der Waals surface area contributed by atoms with Crippen molar-refractivity contribution in [1.29, 1.82) is 0 Å². The fourth-order valence-electron chi connectivity index (χ4n) is 3.34. The smallest absolute Gasteiger partial charge is 0.199 e. The summed E-state index contributed by atoms with van der Waals surface area (Å²) in [6.07, 6.45) is 0.669. The normalized spacial score (nSPS) is 19.3. The molecule has 1 aliphatic rings. The van der Waals surface area contributed by atoms with Crippen LogP contribution in [0.1, 0.15) is 20.3 Å². The zero-order chi connectivity index (χ0) is 18.9. The number of hydrogen-bond donors (Lipinski definition) is 0. The molecule has 1 atom stereocenters. The van der Waals surface area contributed by atoms with Crippen molar-refractivity contribution in [1.82, 2.24) is 19.2 Å². The van der Waals surface area contributed by atoms with Crippen molar-refractivity contribution < 1.29 is 8.42 Å². The molecule has 6 nitrogen and oxygen atoms in total. The van der Waals surface area contributed by atoms with Crippen LogP contribution in [0.4, 0.5) is 0 Å². The Balaban J connectivity index is 1.90. The predicted octanol–water partition coefficient (Wildman–Crippen LogP) is 3.22. The molecule has 1 aromatic heterocycles. The maximum Gasteiger partial charge on any atom is 0.199 e. The molecule has 3 rings (SSSR count). The van der Waals surface area contributed by atoms with Crippen LogP contribution >= 0.6 is 23.8 Å². The number of nitrogens with zero attached hydrogens (tertiary/aromatic N) is 4. The van der Waals surface area contributed by atoms with Crippen molar-refractivity contribution in [3.05, 3.63) is 34.1 Å². The average molecular weight is 415 g/mol. The Morgan fingerprint density at radius 1 is 1.31 bits per heavy atom. The third kappa shape index (κ3) is 4.03. The highest BCUT2D eigenvalue weighted by atomic mass is 35.5. The van der Waals surface area contributed by atoms with Crippen LogP contribution in [0.2, 0.25) is 5.02 Å². The van der Waals surface area contributed by atoms with Gasteiger partial charge in [-0.15, -0.1) is 0 Å². The molecule has 142 valence electrons. The highest BCUT2D eigenvalue weighted by Crippen LogP contribution is 2.22. The van der Waals surface area contributed by atoms with Crippen molar-refractivity contribution in [3.63, 3.8) is 0 Å². The Morgan fingerprint density at radius 3 is 2.54 bits per heavy atom. The summed E-state index contributed by atoms with van der Waals surface area (Å²) in [5, 5.41) is 5.39. The van der Waals surface area contributed by atoms with E-state index >= 15 is 0 Å². The Hall–Kier alpha value is -1.22. The second kappa shape index (κ2) is 7.80. The van der Waals surface area contributed by atoms with Crippen LogP contribution < -0.4 is 0 Å². The Bertz CT molecular complexity index is 935. The number of sulfone groups is 1. The molecule has 2 heterocycles. The molecule has 0 spiro atoms. The first-order valence-corrected chi connectivity index (χ1v) is 11.3. The van der Waals surface area contributed by atoms with Gasteiger partial charge < -0.3 is 4.57 Å². The molecule has 1 fully saturated rings. The molecule has 0 radical (unpaired) electrons. The lowest BCUT2D eigenvalue weighted by Crippen LogP contribution is -2.37. The third-order valence-electron chi connectivity index (χ3n) is 4.79. The van der Waals surface area contributed by atoms with Gasteiger partial charge in [-0.3, -0.25) is 4.90 Å². The van der Waals surface area contributed by atoms with Gasteiger partial charge in [-0.1, -0.05) is 18.5 Å². The molecule has 1 aliphatic heterocycles. The molecule has 0 N–H and O–H groups in total. The maximum atomic E-state index is 11.8. The predicted molar refractivity (Wildman–Crippen MR) is 107 cm³/mol. The zero-order valence-electron chi connectivity index (χ0n) is 14.9. The van der Waals surface area contributed by atoms with Gasteiger partial charge in [0, 0.05) is 23.2 Å². The molecule has 26 heavy (non-hydrogen) atoms. The summed E-state index contributed by atoms with van der Waals surface area (Å²) >= 11 is 11.6. The van der Waals surface area contributed by atoms with Crippen LogP contribution in [0.15, 0.2) is 24.3 Å². The summed E-state index contributed by atoms with van der Waals surface area (Å²) < 4.78 is 28.0. The quantitative estimate of drug-likeness (QED) is 0.679. The standard InChI is InChI=1S/C17H23ClN4O2S2/c1-3-20(15-9-10-26(23,24)11-15)12-22-17(25)21(4-2)16(19-22)13-5-7-14(18)8-6-13/h5-8,15H,3-4,9-12H2,1-2H3/t15-/m1/s1. The third-order valence-corrected chi connectivity index (χ3v) is 7.22. The number of benzene rings is 1. The first-order valence-electron chi connectivity index (χ1n) is 8.72. The monoisotopic (exact) mass is 414 g/mol. The van der Waals surface area contributed by atoms with E-state index in [0.29, 0.717) is 29.4 Å². The highest BCUT2D eigenvalue weighted by molar-refractivity contribution is 7.91. The Kier molecular flexibility index (Phi) is 5.86. The van der Waals surface area contributed by atoms with Crippen molar-refractivity contribution in [3.8, 4) is 11.4 Å². The van der Waals surface area contributed by atoms with E-state index in [-0.39, 0.29) is 17.5 Å². The molecule has 1 saturated heterocycles. The minimum absolute atomic E-state index is 0.0256. The minimum atomic E-state index is -2.92. The number of aromatic nitrogens is 3. The zero-order valence-corrected chi connectivity index (χ0v) is 17.3. The molecule has 0 saturated carbocycles. The molecule has 0 unspecified atom stereocenters. The van der Waals surface area contributed by atoms with Gasteiger partial charge in [0.25, 0.3) is 0 Å². The number of halogens is 1. The molecule has 0 amide bonds. The van der Waals surface area contributed by atoms with E-state index < -0.39 is 9.84 Å². The van der Waals surface area contributed by atoms with E-state index in [1.54, 1.807) is 4.68 Å². The largest absolute Gasteiger partial charge is 0.300 e. The first-order chi connectivity index (χ1) is 12.3. The van der Waals surface area contributed by atoms with Gasteiger partial charge in [-0.25, -0.2) is 13.1 Å². The fourth-order valence-corrected chi connectivity index (χ4v) is 5.54. The summed E-state index contributed by atoms with van der Waals surface area (Å²) in [6, 6.07) is 7.55. The highest BCUT2D eigenvalue weighted by Gasteiger charge is 2.32. The van der Waals surface area contributed by atoms with Gasteiger partial charge >= 0.3 is 0 Å².